The second-order valence-electron chi connectivity index (χ2n) is 6.90. The summed E-state index contributed by atoms with van der Waals surface area (Å²) in [7, 11) is 0. The van der Waals surface area contributed by atoms with Gasteiger partial charge in [-0.25, -0.2) is 0 Å². The molecule has 0 unspecified atom stereocenters. The fraction of sp³-hybridized carbons (Fsp3) is 0.304. The smallest absolute Gasteiger partial charge is 0.244 e. The van der Waals surface area contributed by atoms with Gasteiger partial charge < -0.3 is 19.9 Å². The van der Waals surface area contributed by atoms with E-state index in [0.29, 0.717) is 24.7 Å². The summed E-state index contributed by atoms with van der Waals surface area (Å²) in [5, 5.41) is 3.37. The monoisotopic (exact) mass is 427 g/mol. The lowest BCUT2D eigenvalue weighted by molar-refractivity contribution is -0.132. The van der Waals surface area contributed by atoms with Crippen molar-refractivity contribution in [1.82, 2.24) is 10.2 Å². The zero-order chi connectivity index (χ0) is 21.3. The minimum Gasteiger partial charge on any atom is -0.494 e. The molecule has 158 valence electrons. The molecule has 2 aromatic rings. The Hall–Kier alpha value is -2.99. The molecular formula is C23H26ClN3O3. The lowest BCUT2D eigenvalue weighted by Gasteiger charge is -2.36. The van der Waals surface area contributed by atoms with Crippen LogP contribution in [0.5, 0.6) is 5.75 Å². The molecule has 1 saturated heterocycles. The average Bonchev–Trinajstić information content (AvgIpc) is 2.78. The van der Waals surface area contributed by atoms with Crippen molar-refractivity contribution in [1.29, 1.82) is 0 Å². The van der Waals surface area contributed by atoms with Gasteiger partial charge in [0.2, 0.25) is 11.8 Å². The van der Waals surface area contributed by atoms with Gasteiger partial charge >= 0.3 is 0 Å². The highest BCUT2D eigenvalue weighted by Gasteiger charge is 2.21. The second kappa shape index (κ2) is 10.7. The van der Waals surface area contributed by atoms with E-state index in [2.05, 4.69) is 10.2 Å². The molecule has 0 saturated carbocycles. The van der Waals surface area contributed by atoms with Gasteiger partial charge in [0.25, 0.3) is 0 Å². The molecule has 0 radical (unpaired) electrons. The van der Waals surface area contributed by atoms with Crippen LogP contribution in [0.1, 0.15) is 12.5 Å². The molecule has 1 N–H and O–H groups in total. The number of carbonyl (C=O) groups is 2. The average molecular weight is 428 g/mol. The molecule has 2 amide bonds. The first kappa shape index (κ1) is 21.7. The first-order chi connectivity index (χ1) is 14.5. The number of amides is 2. The predicted molar refractivity (Wildman–Crippen MR) is 120 cm³/mol. The van der Waals surface area contributed by atoms with Crippen molar-refractivity contribution in [2.24, 2.45) is 0 Å². The van der Waals surface area contributed by atoms with Crippen molar-refractivity contribution < 1.29 is 14.3 Å². The Labute approximate surface area is 182 Å². The van der Waals surface area contributed by atoms with Crippen molar-refractivity contribution in [3.05, 3.63) is 65.2 Å². The highest BCUT2D eigenvalue weighted by atomic mass is 35.5. The second-order valence-corrected chi connectivity index (χ2v) is 7.33. The van der Waals surface area contributed by atoms with Crippen LogP contribution in [-0.2, 0) is 9.59 Å². The third-order valence-corrected chi connectivity index (χ3v) is 5.11. The topological polar surface area (TPSA) is 61.9 Å². The molecule has 7 heteroatoms. The Morgan fingerprint density at radius 2 is 1.70 bits per heavy atom. The van der Waals surface area contributed by atoms with E-state index >= 15 is 0 Å². The summed E-state index contributed by atoms with van der Waals surface area (Å²) < 4.78 is 5.39. The number of hydrogen-bond acceptors (Lipinski definition) is 4. The standard InChI is InChI=1S/C23H26ClN3O3/c1-2-30-21-10-3-18(4-11-21)5-12-22(28)25-17-23(29)27-15-13-26(14-16-27)20-8-6-19(24)7-9-20/h3-12H,2,13-17H2,1H3,(H,25,28)/b12-5+. The van der Waals surface area contributed by atoms with Crippen LogP contribution in [0.4, 0.5) is 5.69 Å². The summed E-state index contributed by atoms with van der Waals surface area (Å²) in [5.74, 6) is 0.423. The van der Waals surface area contributed by atoms with Gasteiger partial charge in [0.15, 0.2) is 0 Å². The summed E-state index contributed by atoms with van der Waals surface area (Å²) in [6, 6.07) is 15.2. The molecule has 6 nitrogen and oxygen atoms in total. The highest BCUT2D eigenvalue weighted by Crippen LogP contribution is 2.19. The van der Waals surface area contributed by atoms with Gasteiger partial charge in [0.05, 0.1) is 13.2 Å². The Kier molecular flexibility index (Phi) is 7.74. The number of nitrogens with zero attached hydrogens (tertiary/aromatic N) is 2. The summed E-state index contributed by atoms with van der Waals surface area (Å²) >= 11 is 5.93. The quantitative estimate of drug-likeness (QED) is 0.689. The first-order valence-electron chi connectivity index (χ1n) is 10.0. The minimum absolute atomic E-state index is 0.00655. The van der Waals surface area contributed by atoms with Crippen molar-refractivity contribution in [3.8, 4) is 5.75 Å². The summed E-state index contributed by atoms with van der Waals surface area (Å²) in [4.78, 5) is 28.4. The van der Waals surface area contributed by atoms with E-state index in [-0.39, 0.29) is 18.4 Å². The molecule has 1 heterocycles. The van der Waals surface area contributed by atoms with Crippen molar-refractivity contribution in [2.75, 3.05) is 44.2 Å². The van der Waals surface area contributed by atoms with Gasteiger partial charge in [0, 0.05) is 43.0 Å². The van der Waals surface area contributed by atoms with E-state index in [1.54, 1.807) is 11.0 Å². The summed E-state index contributed by atoms with van der Waals surface area (Å²) in [6.07, 6.45) is 3.14. The van der Waals surface area contributed by atoms with Crippen LogP contribution in [0.3, 0.4) is 0 Å². The van der Waals surface area contributed by atoms with E-state index in [0.717, 1.165) is 30.1 Å². The molecular weight excluding hydrogens is 402 g/mol. The maximum absolute atomic E-state index is 12.4. The van der Waals surface area contributed by atoms with Gasteiger partial charge in [-0.2, -0.15) is 0 Å². The van der Waals surface area contributed by atoms with Crippen LogP contribution in [0.25, 0.3) is 6.08 Å². The van der Waals surface area contributed by atoms with E-state index in [9.17, 15) is 9.59 Å². The SMILES string of the molecule is CCOc1ccc(/C=C/C(=O)NCC(=O)N2CCN(c3ccc(Cl)cc3)CC2)cc1. The number of rotatable bonds is 7. The predicted octanol–water partition coefficient (Wildman–Crippen LogP) is 3.22. The van der Waals surface area contributed by atoms with Gasteiger partial charge in [-0.1, -0.05) is 23.7 Å². The molecule has 1 aliphatic heterocycles. The largest absolute Gasteiger partial charge is 0.494 e. The molecule has 0 aliphatic carbocycles. The zero-order valence-corrected chi connectivity index (χ0v) is 17.8. The fourth-order valence-electron chi connectivity index (χ4n) is 3.21. The number of halogens is 1. The third kappa shape index (κ3) is 6.26. The molecule has 1 fully saturated rings. The molecule has 3 rings (SSSR count). The summed E-state index contributed by atoms with van der Waals surface area (Å²) in [6.45, 7) is 5.28. The van der Waals surface area contributed by atoms with Gasteiger partial charge in [-0.05, 0) is 55.0 Å². The number of carbonyl (C=O) groups excluding carboxylic acids is 2. The van der Waals surface area contributed by atoms with E-state index in [4.69, 9.17) is 16.3 Å². The number of piperazine rings is 1. The lowest BCUT2D eigenvalue weighted by atomic mass is 10.2. The number of benzene rings is 2. The molecule has 0 aromatic heterocycles. The maximum Gasteiger partial charge on any atom is 0.244 e. The molecule has 30 heavy (non-hydrogen) atoms. The van der Waals surface area contributed by atoms with Gasteiger partial charge in [-0.15, -0.1) is 0 Å². The normalized spacial score (nSPS) is 14.1. The van der Waals surface area contributed by atoms with Gasteiger partial charge in [-0.3, -0.25) is 9.59 Å². The minimum atomic E-state index is -0.294. The fourth-order valence-corrected chi connectivity index (χ4v) is 3.34. The summed E-state index contributed by atoms with van der Waals surface area (Å²) in [5.41, 5.74) is 1.98. The Bertz CT molecular complexity index is 874. The molecule has 1 aliphatic rings. The Morgan fingerprint density at radius 3 is 2.33 bits per heavy atom. The molecule has 0 spiro atoms. The van der Waals surface area contributed by atoms with Crippen molar-refractivity contribution in [2.45, 2.75) is 6.92 Å². The third-order valence-electron chi connectivity index (χ3n) is 4.86. The Balaban J connectivity index is 1.40. The number of ether oxygens (including phenoxy) is 1. The zero-order valence-electron chi connectivity index (χ0n) is 17.0. The molecule has 0 bridgehead atoms. The molecule has 2 aromatic carbocycles. The Morgan fingerprint density at radius 1 is 1.03 bits per heavy atom. The van der Waals surface area contributed by atoms with Crippen molar-refractivity contribution >= 4 is 35.2 Å². The van der Waals surface area contributed by atoms with Crippen LogP contribution in [-0.4, -0.2) is 56.0 Å². The van der Waals surface area contributed by atoms with Crippen LogP contribution in [0.2, 0.25) is 5.02 Å². The van der Waals surface area contributed by atoms with E-state index in [1.165, 1.54) is 6.08 Å². The van der Waals surface area contributed by atoms with Crippen LogP contribution in [0, 0.1) is 0 Å². The number of nitrogens with one attached hydrogen (secondary N) is 1. The lowest BCUT2D eigenvalue weighted by Crippen LogP contribution is -2.51. The maximum atomic E-state index is 12.4. The first-order valence-corrected chi connectivity index (χ1v) is 10.4. The van der Waals surface area contributed by atoms with E-state index < -0.39 is 0 Å². The molecule has 0 atom stereocenters. The highest BCUT2D eigenvalue weighted by molar-refractivity contribution is 6.30. The van der Waals surface area contributed by atoms with Crippen molar-refractivity contribution in [3.63, 3.8) is 0 Å². The van der Waals surface area contributed by atoms with Gasteiger partial charge in [0.1, 0.15) is 5.75 Å². The van der Waals surface area contributed by atoms with Crippen LogP contribution in [0.15, 0.2) is 54.6 Å². The van der Waals surface area contributed by atoms with Crippen LogP contribution < -0.4 is 15.0 Å². The van der Waals surface area contributed by atoms with E-state index in [1.807, 2.05) is 55.5 Å². The van der Waals surface area contributed by atoms with Crippen LogP contribution >= 0.6 is 11.6 Å². The number of anilines is 1. The number of hydrogen-bond donors (Lipinski definition) is 1.